The van der Waals surface area contributed by atoms with E-state index in [-0.39, 0.29) is 0 Å². The molecule has 8 aromatic carbocycles. The summed E-state index contributed by atoms with van der Waals surface area (Å²) in [6.07, 6.45) is 0. The molecule has 3 aromatic heterocycles. The highest BCUT2D eigenvalue weighted by molar-refractivity contribution is 6.26. The van der Waals surface area contributed by atoms with Gasteiger partial charge < -0.3 is 9.13 Å². The molecule has 0 saturated carbocycles. The zero-order valence-electron chi connectivity index (χ0n) is 29.1. The smallest absolute Gasteiger partial charge is 0.166 e. The van der Waals surface area contributed by atoms with Crippen LogP contribution in [0.15, 0.2) is 188 Å². The van der Waals surface area contributed by atoms with E-state index >= 15 is 0 Å². The van der Waals surface area contributed by atoms with Crippen molar-refractivity contribution in [1.29, 1.82) is 0 Å². The molecular weight excluding hydrogens is 659 g/mol. The molecule has 0 aliphatic rings. The number of rotatable bonds is 5. The van der Waals surface area contributed by atoms with Crippen LogP contribution in [0.4, 0.5) is 0 Å². The Labute approximate surface area is 311 Å². The number of aromatic nitrogens is 5. The average molecular weight is 690 g/mol. The van der Waals surface area contributed by atoms with E-state index in [1.165, 1.54) is 32.3 Å². The minimum Gasteiger partial charge on any atom is -0.309 e. The van der Waals surface area contributed by atoms with Crippen LogP contribution in [0.5, 0.6) is 0 Å². The molecule has 0 spiro atoms. The van der Waals surface area contributed by atoms with Gasteiger partial charge in [0.2, 0.25) is 0 Å². The van der Waals surface area contributed by atoms with Crippen molar-refractivity contribution in [3.63, 3.8) is 0 Å². The zero-order chi connectivity index (χ0) is 35.6. The number of para-hydroxylation sites is 3. The highest BCUT2D eigenvalue weighted by Gasteiger charge is 2.23. The molecule has 0 amide bonds. The molecule has 0 aliphatic heterocycles. The van der Waals surface area contributed by atoms with Crippen LogP contribution in [0.3, 0.4) is 0 Å². The number of fused-ring (bicyclic) bond motifs is 8. The highest BCUT2D eigenvalue weighted by atomic mass is 15.1. The number of nitrogens with zero attached hydrogens (tertiary/aromatic N) is 5. The molecule has 0 saturated heterocycles. The van der Waals surface area contributed by atoms with Crippen LogP contribution in [-0.4, -0.2) is 24.1 Å². The van der Waals surface area contributed by atoms with E-state index in [4.69, 9.17) is 15.0 Å². The van der Waals surface area contributed by atoms with Gasteiger partial charge in [-0.1, -0.05) is 146 Å². The Morgan fingerprint density at radius 2 is 0.926 bits per heavy atom. The first-order valence-electron chi connectivity index (χ1n) is 18.2. The summed E-state index contributed by atoms with van der Waals surface area (Å²) < 4.78 is 4.84. The normalized spacial score (nSPS) is 11.7. The summed E-state index contributed by atoms with van der Waals surface area (Å²) in [4.78, 5) is 15.3. The Morgan fingerprint density at radius 3 is 1.67 bits per heavy atom. The largest absolute Gasteiger partial charge is 0.309 e. The molecule has 3 heterocycles. The zero-order valence-corrected chi connectivity index (χ0v) is 29.1. The predicted octanol–water partition coefficient (Wildman–Crippen LogP) is 12.2. The Balaban J connectivity index is 1.23. The average Bonchev–Trinajstić information content (AvgIpc) is 3.77. The molecule has 252 valence electrons. The summed E-state index contributed by atoms with van der Waals surface area (Å²) in [7, 11) is 0. The van der Waals surface area contributed by atoms with Crippen LogP contribution in [-0.2, 0) is 0 Å². The van der Waals surface area contributed by atoms with E-state index in [2.05, 4.69) is 161 Å². The van der Waals surface area contributed by atoms with Crippen molar-refractivity contribution in [1.82, 2.24) is 24.1 Å². The van der Waals surface area contributed by atoms with Gasteiger partial charge in [-0.25, -0.2) is 15.0 Å². The lowest BCUT2D eigenvalue weighted by Crippen LogP contribution is -2.03. The summed E-state index contributed by atoms with van der Waals surface area (Å²) >= 11 is 0. The second kappa shape index (κ2) is 12.1. The monoisotopic (exact) mass is 689 g/mol. The minimum absolute atomic E-state index is 0.620. The van der Waals surface area contributed by atoms with Crippen molar-refractivity contribution in [2.45, 2.75) is 0 Å². The quantitative estimate of drug-likeness (QED) is 0.181. The standard InChI is InChI=1S/C49H31N5/c1-3-16-33(17-4-1)47-50-48(34-18-5-2-6-19-34)52-49(51-47)40-23-11-14-26-43(40)54-41-24-12-9-21-37(41)38-29-30-44-45(46(38)54)39-22-10-13-25-42(39)53(44)36-28-27-32-15-7-8-20-35(32)31-36/h1-31H. The fraction of sp³-hybridized carbons (Fsp3) is 0. The summed E-state index contributed by atoms with van der Waals surface area (Å²) in [5.74, 6) is 1.89. The Bertz CT molecular complexity index is 3160. The van der Waals surface area contributed by atoms with Gasteiger partial charge in [-0.2, -0.15) is 0 Å². The molecule has 0 aliphatic carbocycles. The molecule has 0 fully saturated rings. The van der Waals surface area contributed by atoms with E-state index in [0.29, 0.717) is 17.5 Å². The van der Waals surface area contributed by atoms with E-state index in [0.717, 1.165) is 50.1 Å². The van der Waals surface area contributed by atoms with Gasteiger partial charge in [0, 0.05) is 43.9 Å². The molecule has 0 atom stereocenters. The van der Waals surface area contributed by atoms with Gasteiger partial charge in [-0.05, 0) is 53.2 Å². The number of hydrogen-bond acceptors (Lipinski definition) is 3. The molecule has 11 aromatic rings. The Morgan fingerprint density at radius 1 is 0.352 bits per heavy atom. The second-order valence-corrected chi connectivity index (χ2v) is 13.6. The minimum atomic E-state index is 0.620. The molecular formula is C49H31N5. The van der Waals surface area contributed by atoms with Gasteiger partial charge in [0.25, 0.3) is 0 Å². The maximum absolute atomic E-state index is 5.17. The number of hydrogen-bond donors (Lipinski definition) is 0. The molecule has 11 rings (SSSR count). The fourth-order valence-corrected chi connectivity index (χ4v) is 8.14. The van der Waals surface area contributed by atoms with Crippen LogP contribution < -0.4 is 0 Å². The van der Waals surface area contributed by atoms with Crippen LogP contribution in [0, 0.1) is 0 Å². The lowest BCUT2D eigenvalue weighted by Gasteiger charge is -2.15. The van der Waals surface area contributed by atoms with Crippen LogP contribution in [0.2, 0.25) is 0 Å². The van der Waals surface area contributed by atoms with Crippen molar-refractivity contribution in [3.8, 4) is 45.5 Å². The molecule has 54 heavy (non-hydrogen) atoms. The van der Waals surface area contributed by atoms with Crippen LogP contribution in [0.1, 0.15) is 0 Å². The van der Waals surface area contributed by atoms with E-state index in [9.17, 15) is 0 Å². The third kappa shape index (κ3) is 4.69. The van der Waals surface area contributed by atoms with Gasteiger partial charge in [0.05, 0.1) is 27.8 Å². The molecule has 0 radical (unpaired) electrons. The van der Waals surface area contributed by atoms with Crippen LogP contribution in [0.25, 0.3) is 99.9 Å². The summed E-state index contributed by atoms with van der Waals surface area (Å²) in [5.41, 5.74) is 9.53. The van der Waals surface area contributed by atoms with E-state index < -0.39 is 0 Å². The fourth-order valence-electron chi connectivity index (χ4n) is 8.14. The van der Waals surface area contributed by atoms with Crippen molar-refractivity contribution < 1.29 is 0 Å². The summed E-state index contributed by atoms with van der Waals surface area (Å²) in [5, 5.41) is 7.23. The van der Waals surface area contributed by atoms with Crippen molar-refractivity contribution >= 4 is 54.4 Å². The SMILES string of the molecule is c1ccc(-c2nc(-c3ccccc3)nc(-c3ccccc3-n3c4ccccc4c4ccc5c(c6ccccc6n5-c5ccc6ccccc6c5)c43)n2)cc1. The lowest BCUT2D eigenvalue weighted by molar-refractivity contribution is 1.06. The molecule has 0 unspecified atom stereocenters. The maximum Gasteiger partial charge on any atom is 0.166 e. The first-order chi connectivity index (χ1) is 26.8. The first-order valence-corrected chi connectivity index (χ1v) is 18.2. The van der Waals surface area contributed by atoms with Gasteiger partial charge in [0.1, 0.15) is 0 Å². The molecule has 5 heteroatoms. The number of benzene rings is 8. The van der Waals surface area contributed by atoms with E-state index in [1.807, 2.05) is 36.4 Å². The molecule has 0 bridgehead atoms. The maximum atomic E-state index is 5.17. The van der Waals surface area contributed by atoms with Gasteiger partial charge >= 0.3 is 0 Å². The van der Waals surface area contributed by atoms with Gasteiger partial charge in [0.15, 0.2) is 17.5 Å². The van der Waals surface area contributed by atoms with Crippen molar-refractivity contribution in [2.75, 3.05) is 0 Å². The molecule has 0 N–H and O–H groups in total. The summed E-state index contributed by atoms with van der Waals surface area (Å²) in [6, 6.07) is 66.2. The predicted molar refractivity (Wildman–Crippen MR) is 222 cm³/mol. The van der Waals surface area contributed by atoms with Gasteiger partial charge in [-0.15, -0.1) is 0 Å². The van der Waals surface area contributed by atoms with Crippen molar-refractivity contribution in [2.24, 2.45) is 0 Å². The van der Waals surface area contributed by atoms with Crippen LogP contribution >= 0.6 is 0 Å². The van der Waals surface area contributed by atoms with E-state index in [1.54, 1.807) is 0 Å². The Kier molecular flexibility index (Phi) is 6.79. The topological polar surface area (TPSA) is 48.5 Å². The molecule has 5 nitrogen and oxygen atoms in total. The van der Waals surface area contributed by atoms with Gasteiger partial charge in [-0.3, -0.25) is 0 Å². The third-order valence-electron chi connectivity index (χ3n) is 10.5. The second-order valence-electron chi connectivity index (χ2n) is 13.6. The van der Waals surface area contributed by atoms with Crippen molar-refractivity contribution in [3.05, 3.63) is 188 Å². The Hall–Kier alpha value is -7.37. The summed E-state index contributed by atoms with van der Waals surface area (Å²) in [6.45, 7) is 0. The highest BCUT2D eigenvalue weighted by Crippen LogP contribution is 2.43. The lowest BCUT2D eigenvalue weighted by atomic mass is 10.1. The first kappa shape index (κ1) is 30.3. The third-order valence-corrected chi connectivity index (χ3v) is 10.5.